The van der Waals surface area contributed by atoms with Gasteiger partial charge in [0, 0.05) is 5.69 Å². The van der Waals surface area contributed by atoms with Crippen LogP contribution in [0.15, 0.2) is 18.2 Å². The molecule has 1 rings (SSSR count). The third kappa shape index (κ3) is 3.97. The normalized spacial score (nSPS) is 10.8. The molecule has 1 aromatic rings. The molecule has 0 amide bonds. The third-order valence-corrected chi connectivity index (χ3v) is 1.82. The average molecular weight is 253 g/mol. The summed E-state index contributed by atoms with van der Waals surface area (Å²) in [5, 5.41) is 8.95. The van der Waals surface area contributed by atoms with Crippen molar-refractivity contribution in [1.29, 1.82) is 0 Å². The zero-order valence-electron chi connectivity index (χ0n) is 10.4. The number of nitrogens with two attached hydrogens (primary N) is 1. The van der Waals surface area contributed by atoms with E-state index in [-0.39, 0.29) is 17.0 Å². The molecule has 0 radical (unpaired) electrons. The molecule has 0 aliphatic heterocycles. The Labute approximate surface area is 104 Å². The fourth-order valence-corrected chi connectivity index (χ4v) is 1.16. The first kappa shape index (κ1) is 13.8. The van der Waals surface area contributed by atoms with E-state index in [4.69, 9.17) is 20.3 Å². The highest BCUT2D eigenvalue weighted by Gasteiger charge is 2.20. The zero-order chi connectivity index (χ0) is 13.9. The average Bonchev–Trinajstić information content (AvgIpc) is 2.17. The maximum absolute atomic E-state index is 11.4. The molecule has 6 nitrogen and oxygen atoms in total. The number of benzene rings is 1. The minimum absolute atomic E-state index is 0.106. The van der Waals surface area contributed by atoms with Gasteiger partial charge in [0.05, 0.1) is 0 Å². The number of nitrogen functional groups attached to an aromatic ring is 1. The van der Waals surface area contributed by atoms with Gasteiger partial charge in [-0.05, 0) is 39.0 Å². The van der Waals surface area contributed by atoms with Gasteiger partial charge in [-0.25, -0.2) is 9.59 Å². The van der Waals surface area contributed by atoms with Gasteiger partial charge in [0.1, 0.15) is 16.9 Å². The monoisotopic (exact) mass is 253 g/mol. The van der Waals surface area contributed by atoms with Gasteiger partial charge in [-0.15, -0.1) is 0 Å². The maximum atomic E-state index is 11.4. The predicted octanol–water partition coefficient (Wildman–Crippen LogP) is 2.28. The Bertz CT molecular complexity index is 476. The lowest BCUT2D eigenvalue weighted by Gasteiger charge is -2.19. The fourth-order valence-electron chi connectivity index (χ4n) is 1.16. The molecule has 1 aromatic carbocycles. The number of hydrogen-bond acceptors (Lipinski definition) is 5. The maximum Gasteiger partial charge on any atom is 0.514 e. The number of ether oxygens (including phenoxy) is 2. The lowest BCUT2D eigenvalue weighted by Crippen LogP contribution is -2.26. The molecule has 0 spiro atoms. The van der Waals surface area contributed by atoms with Crippen LogP contribution in [-0.2, 0) is 4.74 Å². The molecule has 6 heteroatoms. The molecule has 0 unspecified atom stereocenters. The first-order valence-electron chi connectivity index (χ1n) is 5.23. The number of carboxylic acids is 1. The van der Waals surface area contributed by atoms with Crippen molar-refractivity contribution in [2.75, 3.05) is 5.73 Å². The van der Waals surface area contributed by atoms with Crippen molar-refractivity contribution in [3.05, 3.63) is 23.8 Å². The van der Waals surface area contributed by atoms with Crippen LogP contribution < -0.4 is 10.5 Å². The van der Waals surface area contributed by atoms with E-state index in [2.05, 4.69) is 0 Å². The number of carbonyl (C=O) groups is 2. The highest BCUT2D eigenvalue weighted by atomic mass is 16.7. The molecule has 3 N–H and O–H groups in total. The van der Waals surface area contributed by atoms with Gasteiger partial charge < -0.3 is 20.3 Å². The lowest BCUT2D eigenvalue weighted by molar-refractivity contribution is 0.0204. The summed E-state index contributed by atoms with van der Waals surface area (Å²) < 4.78 is 9.76. The minimum atomic E-state index is -1.24. The first-order valence-corrected chi connectivity index (χ1v) is 5.23. The van der Waals surface area contributed by atoms with Crippen molar-refractivity contribution < 1.29 is 24.2 Å². The standard InChI is InChI=1S/C12H15NO5/c1-12(2,3)18-11(16)17-9-5-4-7(13)6-8(9)10(14)15/h4-6H,13H2,1-3H3,(H,14,15). The number of hydrogen-bond donors (Lipinski definition) is 2. The molecular formula is C12H15NO5. The van der Waals surface area contributed by atoms with E-state index in [1.54, 1.807) is 20.8 Å². The first-order chi connectivity index (χ1) is 8.19. The van der Waals surface area contributed by atoms with E-state index < -0.39 is 17.7 Å². The van der Waals surface area contributed by atoms with E-state index in [0.717, 1.165) is 0 Å². The highest BCUT2D eigenvalue weighted by Crippen LogP contribution is 2.22. The molecule has 0 saturated carbocycles. The van der Waals surface area contributed by atoms with E-state index in [1.807, 2.05) is 0 Å². The Kier molecular flexibility index (Phi) is 3.80. The third-order valence-electron chi connectivity index (χ3n) is 1.82. The van der Waals surface area contributed by atoms with Crippen molar-refractivity contribution in [3.8, 4) is 5.75 Å². The van der Waals surface area contributed by atoms with Crippen LogP contribution in [-0.4, -0.2) is 22.8 Å². The van der Waals surface area contributed by atoms with Crippen LogP contribution in [0, 0.1) is 0 Å². The smallest absolute Gasteiger partial charge is 0.478 e. The Morgan fingerprint density at radius 2 is 1.89 bits per heavy atom. The number of carbonyl (C=O) groups excluding carboxylic acids is 1. The summed E-state index contributed by atoms with van der Waals surface area (Å²) >= 11 is 0. The second-order valence-electron chi connectivity index (χ2n) is 4.63. The van der Waals surface area contributed by atoms with Gasteiger partial charge in [-0.3, -0.25) is 0 Å². The van der Waals surface area contributed by atoms with E-state index in [1.165, 1.54) is 18.2 Å². The van der Waals surface area contributed by atoms with Gasteiger partial charge in [-0.1, -0.05) is 0 Å². The molecule has 0 aliphatic rings. The highest BCUT2D eigenvalue weighted by molar-refractivity contribution is 5.92. The quantitative estimate of drug-likeness (QED) is 0.476. The second kappa shape index (κ2) is 4.95. The summed E-state index contributed by atoms with van der Waals surface area (Å²) in [7, 11) is 0. The van der Waals surface area contributed by atoms with E-state index >= 15 is 0 Å². The molecule has 0 aromatic heterocycles. The van der Waals surface area contributed by atoms with E-state index in [9.17, 15) is 9.59 Å². The topological polar surface area (TPSA) is 98.9 Å². The molecule has 0 bridgehead atoms. The number of rotatable bonds is 2. The fraction of sp³-hybridized carbons (Fsp3) is 0.333. The van der Waals surface area contributed by atoms with Crippen LogP contribution in [0.3, 0.4) is 0 Å². The summed E-state index contributed by atoms with van der Waals surface area (Å²) in [4.78, 5) is 22.4. The SMILES string of the molecule is CC(C)(C)OC(=O)Oc1ccc(N)cc1C(=O)O. The Morgan fingerprint density at radius 1 is 1.28 bits per heavy atom. The number of anilines is 1. The molecule has 98 valence electrons. The van der Waals surface area contributed by atoms with Crippen molar-refractivity contribution in [2.45, 2.75) is 26.4 Å². The second-order valence-corrected chi connectivity index (χ2v) is 4.63. The summed E-state index contributed by atoms with van der Waals surface area (Å²) in [5.74, 6) is -1.34. The van der Waals surface area contributed by atoms with Crippen LogP contribution in [0.2, 0.25) is 0 Å². The lowest BCUT2D eigenvalue weighted by atomic mass is 10.2. The van der Waals surface area contributed by atoms with Crippen molar-refractivity contribution >= 4 is 17.8 Å². The van der Waals surface area contributed by atoms with Gasteiger partial charge in [0.15, 0.2) is 0 Å². The van der Waals surface area contributed by atoms with Crippen molar-refractivity contribution in [1.82, 2.24) is 0 Å². The molecule has 0 saturated heterocycles. The summed E-state index contributed by atoms with van der Waals surface area (Å²) in [5.41, 5.74) is 4.82. The minimum Gasteiger partial charge on any atom is -0.478 e. The van der Waals surface area contributed by atoms with Crippen molar-refractivity contribution in [2.24, 2.45) is 0 Å². The molecule has 0 aliphatic carbocycles. The molecule has 18 heavy (non-hydrogen) atoms. The van der Waals surface area contributed by atoms with Gasteiger partial charge >= 0.3 is 12.1 Å². The summed E-state index contributed by atoms with van der Waals surface area (Å²) in [6, 6.07) is 3.96. The largest absolute Gasteiger partial charge is 0.514 e. The van der Waals surface area contributed by atoms with Crippen LogP contribution in [0.5, 0.6) is 5.75 Å². The molecule has 0 fully saturated rings. The van der Waals surface area contributed by atoms with E-state index in [0.29, 0.717) is 0 Å². The molecule has 0 atom stereocenters. The van der Waals surface area contributed by atoms with Gasteiger partial charge in [0.2, 0.25) is 0 Å². The predicted molar refractivity (Wildman–Crippen MR) is 64.7 cm³/mol. The summed E-state index contributed by atoms with van der Waals surface area (Å²) in [6.07, 6.45) is -0.963. The van der Waals surface area contributed by atoms with Crippen LogP contribution in [0.1, 0.15) is 31.1 Å². The Balaban J connectivity index is 2.91. The molecule has 0 heterocycles. The van der Waals surface area contributed by atoms with Crippen molar-refractivity contribution in [3.63, 3.8) is 0 Å². The van der Waals surface area contributed by atoms with Crippen LogP contribution >= 0.6 is 0 Å². The summed E-state index contributed by atoms with van der Waals surface area (Å²) in [6.45, 7) is 5.03. The van der Waals surface area contributed by atoms with Gasteiger partial charge in [0.25, 0.3) is 0 Å². The number of carboxylic acid groups (broad SMARTS) is 1. The Morgan fingerprint density at radius 3 is 2.39 bits per heavy atom. The van der Waals surface area contributed by atoms with Gasteiger partial charge in [-0.2, -0.15) is 0 Å². The Hall–Kier alpha value is -2.24. The molecular weight excluding hydrogens is 238 g/mol. The van der Waals surface area contributed by atoms with Crippen LogP contribution in [0.25, 0.3) is 0 Å². The number of aromatic carboxylic acids is 1. The zero-order valence-corrected chi connectivity index (χ0v) is 10.4. The van der Waals surface area contributed by atoms with Crippen LogP contribution in [0.4, 0.5) is 10.5 Å².